The molecule has 2 aromatic rings. The highest BCUT2D eigenvalue weighted by Crippen LogP contribution is 2.26. The van der Waals surface area contributed by atoms with Crippen LogP contribution in [0.15, 0.2) is 42.5 Å². The van der Waals surface area contributed by atoms with Crippen molar-refractivity contribution in [3.63, 3.8) is 0 Å². The molecule has 0 atom stereocenters. The molecule has 0 saturated heterocycles. The third-order valence-corrected chi connectivity index (χ3v) is 2.68. The minimum absolute atomic E-state index is 0.113. The second-order valence-corrected chi connectivity index (χ2v) is 4.40. The molecule has 0 unspecified atom stereocenters. The summed E-state index contributed by atoms with van der Waals surface area (Å²) in [6, 6.07) is 12.5. The number of anilines is 1. The van der Waals surface area contributed by atoms with Gasteiger partial charge in [0.25, 0.3) is 0 Å². The summed E-state index contributed by atoms with van der Waals surface area (Å²) < 4.78 is 5.40. The highest BCUT2D eigenvalue weighted by Gasteiger charge is 2.02. The summed E-state index contributed by atoms with van der Waals surface area (Å²) in [6.07, 6.45) is 0.901. The van der Waals surface area contributed by atoms with Crippen LogP contribution in [-0.2, 0) is 0 Å². The minimum atomic E-state index is 0.113. The molecular weight excluding hydrogens is 250 g/mol. The van der Waals surface area contributed by atoms with Crippen molar-refractivity contribution >= 4 is 5.69 Å². The molecule has 0 fully saturated rings. The van der Waals surface area contributed by atoms with Crippen LogP contribution in [0.3, 0.4) is 0 Å². The molecule has 0 aliphatic heterocycles. The third-order valence-electron chi connectivity index (χ3n) is 2.68. The highest BCUT2D eigenvalue weighted by molar-refractivity contribution is 5.51. The van der Waals surface area contributed by atoms with Crippen LogP contribution >= 0.6 is 0 Å². The zero-order valence-corrected chi connectivity index (χ0v) is 11.4. The Hall–Kier alpha value is -2.60. The first-order chi connectivity index (χ1) is 9.69. The Kier molecular flexibility index (Phi) is 4.52. The Morgan fingerprint density at radius 2 is 1.70 bits per heavy atom. The van der Waals surface area contributed by atoms with Crippen LogP contribution in [0.5, 0.6) is 11.5 Å². The van der Waals surface area contributed by atoms with Crippen molar-refractivity contribution in [2.24, 2.45) is 0 Å². The molecule has 20 heavy (non-hydrogen) atoms. The topological polar surface area (TPSA) is 55.5 Å². The van der Waals surface area contributed by atoms with E-state index in [2.05, 4.69) is 11.8 Å². The lowest BCUT2D eigenvalue weighted by atomic mass is 10.1. The van der Waals surface area contributed by atoms with Crippen LogP contribution in [0.2, 0.25) is 0 Å². The second-order valence-electron chi connectivity index (χ2n) is 4.40. The Morgan fingerprint density at radius 1 is 1.05 bits per heavy atom. The predicted octanol–water partition coefficient (Wildman–Crippen LogP) is 3.16. The fourth-order valence-electron chi connectivity index (χ4n) is 1.64. The lowest BCUT2D eigenvalue weighted by molar-refractivity contribution is 0.299. The number of nitrogen functional groups attached to an aromatic ring is 1. The fourth-order valence-corrected chi connectivity index (χ4v) is 1.64. The lowest BCUT2D eigenvalue weighted by Crippen LogP contribution is -1.95. The fraction of sp³-hybridized carbons (Fsp3) is 0.176. The van der Waals surface area contributed by atoms with Crippen molar-refractivity contribution < 1.29 is 9.84 Å². The summed E-state index contributed by atoms with van der Waals surface area (Å²) in [5.41, 5.74) is 7.95. The van der Waals surface area contributed by atoms with Crippen molar-refractivity contribution in [3.05, 3.63) is 53.6 Å². The average molecular weight is 267 g/mol. The maximum absolute atomic E-state index is 9.84. The monoisotopic (exact) mass is 267 g/mol. The van der Waals surface area contributed by atoms with Crippen LogP contribution in [0.4, 0.5) is 5.69 Å². The number of aromatic hydroxyl groups is 1. The highest BCUT2D eigenvalue weighted by atomic mass is 16.5. The normalized spacial score (nSPS) is 9.65. The Labute approximate surface area is 119 Å². The van der Waals surface area contributed by atoms with Crippen LogP contribution in [0.1, 0.15) is 24.5 Å². The van der Waals surface area contributed by atoms with Gasteiger partial charge in [-0.05, 0) is 48.9 Å². The Morgan fingerprint density at radius 3 is 2.35 bits per heavy atom. The molecule has 0 aliphatic rings. The molecule has 3 nitrogen and oxygen atoms in total. The molecule has 0 heterocycles. The molecule has 0 aromatic heterocycles. The molecule has 3 heteroatoms. The standard InChI is InChI=1S/C17H17NO2/c1-2-11-20-17-10-7-14(12-16(17)19)4-3-13-5-8-15(18)9-6-13/h5-10,12,19H,2,11,18H2,1H3. The van der Waals surface area contributed by atoms with Crippen molar-refractivity contribution in [2.45, 2.75) is 13.3 Å². The van der Waals surface area contributed by atoms with Gasteiger partial charge in [-0.25, -0.2) is 0 Å². The van der Waals surface area contributed by atoms with Gasteiger partial charge in [0, 0.05) is 16.8 Å². The first-order valence-electron chi connectivity index (χ1n) is 6.52. The largest absolute Gasteiger partial charge is 0.504 e. The van der Waals surface area contributed by atoms with Gasteiger partial charge in [-0.1, -0.05) is 18.8 Å². The van der Waals surface area contributed by atoms with Gasteiger partial charge >= 0.3 is 0 Å². The smallest absolute Gasteiger partial charge is 0.160 e. The van der Waals surface area contributed by atoms with Crippen molar-refractivity contribution in [1.82, 2.24) is 0 Å². The quantitative estimate of drug-likeness (QED) is 0.663. The van der Waals surface area contributed by atoms with Gasteiger partial charge in [0.1, 0.15) is 0 Å². The van der Waals surface area contributed by atoms with Crippen molar-refractivity contribution in [3.8, 4) is 23.3 Å². The lowest BCUT2D eigenvalue weighted by Gasteiger charge is -2.06. The van der Waals surface area contributed by atoms with E-state index < -0.39 is 0 Å². The number of phenolic OH excluding ortho intramolecular Hbond substituents is 1. The first-order valence-corrected chi connectivity index (χ1v) is 6.52. The molecule has 0 saturated carbocycles. The summed E-state index contributed by atoms with van der Waals surface area (Å²) in [7, 11) is 0. The number of nitrogens with two attached hydrogens (primary N) is 1. The Balaban J connectivity index is 2.14. The van der Waals surface area contributed by atoms with E-state index in [-0.39, 0.29) is 5.75 Å². The van der Waals surface area contributed by atoms with E-state index in [0.29, 0.717) is 18.0 Å². The molecule has 0 bridgehead atoms. The molecule has 102 valence electrons. The van der Waals surface area contributed by atoms with Gasteiger partial charge in [-0.15, -0.1) is 0 Å². The SMILES string of the molecule is CCCOc1ccc(C#Cc2ccc(N)cc2)cc1O. The number of rotatable bonds is 3. The van der Waals surface area contributed by atoms with E-state index in [0.717, 1.165) is 17.5 Å². The predicted molar refractivity (Wildman–Crippen MR) is 80.7 cm³/mol. The summed E-state index contributed by atoms with van der Waals surface area (Å²) in [5, 5.41) is 9.84. The maximum Gasteiger partial charge on any atom is 0.160 e. The Bertz CT molecular complexity index is 636. The van der Waals surface area contributed by atoms with Gasteiger partial charge in [0.2, 0.25) is 0 Å². The van der Waals surface area contributed by atoms with Gasteiger partial charge in [0.15, 0.2) is 11.5 Å². The molecule has 0 aliphatic carbocycles. The summed E-state index contributed by atoms with van der Waals surface area (Å²) in [4.78, 5) is 0. The van der Waals surface area contributed by atoms with Crippen LogP contribution in [0.25, 0.3) is 0 Å². The molecule has 3 N–H and O–H groups in total. The zero-order valence-electron chi connectivity index (χ0n) is 11.4. The number of hydrogen-bond acceptors (Lipinski definition) is 3. The number of ether oxygens (including phenoxy) is 1. The minimum Gasteiger partial charge on any atom is -0.504 e. The van der Waals surface area contributed by atoms with Gasteiger partial charge in [0.05, 0.1) is 6.61 Å². The molecule has 0 amide bonds. The van der Waals surface area contributed by atoms with Gasteiger partial charge in [-0.2, -0.15) is 0 Å². The molecule has 0 radical (unpaired) electrons. The molecule has 2 rings (SSSR count). The third kappa shape index (κ3) is 3.69. The molecule has 2 aromatic carbocycles. The summed E-state index contributed by atoms with van der Waals surface area (Å²) >= 11 is 0. The number of phenols is 1. The summed E-state index contributed by atoms with van der Waals surface area (Å²) in [6.45, 7) is 2.60. The van der Waals surface area contributed by atoms with Gasteiger partial charge in [-0.3, -0.25) is 0 Å². The van der Waals surface area contributed by atoms with Crippen LogP contribution < -0.4 is 10.5 Å². The average Bonchev–Trinajstić information content (AvgIpc) is 2.46. The van der Waals surface area contributed by atoms with E-state index >= 15 is 0 Å². The zero-order chi connectivity index (χ0) is 14.4. The van der Waals surface area contributed by atoms with Crippen molar-refractivity contribution in [1.29, 1.82) is 0 Å². The molecule has 0 spiro atoms. The molecular formula is C17H17NO2. The van der Waals surface area contributed by atoms with Crippen LogP contribution in [-0.4, -0.2) is 11.7 Å². The van der Waals surface area contributed by atoms with E-state index in [1.54, 1.807) is 12.1 Å². The van der Waals surface area contributed by atoms with E-state index in [9.17, 15) is 5.11 Å². The summed E-state index contributed by atoms with van der Waals surface area (Å²) in [5.74, 6) is 6.62. The van der Waals surface area contributed by atoms with Crippen LogP contribution in [0, 0.1) is 11.8 Å². The maximum atomic E-state index is 9.84. The van der Waals surface area contributed by atoms with Crippen molar-refractivity contribution in [2.75, 3.05) is 12.3 Å². The second kappa shape index (κ2) is 6.53. The van der Waals surface area contributed by atoms with E-state index in [1.807, 2.05) is 37.3 Å². The number of benzene rings is 2. The van der Waals surface area contributed by atoms with Gasteiger partial charge < -0.3 is 15.6 Å². The first kappa shape index (κ1) is 13.8. The van der Waals surface area contributed by atoms with E-state index in [1.165, 1.54) is 0 Å². The number of hydrogen-bond donors (Lipinski definition) is 2. The van der Waals surface area contributed by atoms with E-state index in [4.69, 9.17) is 10.5 Å².